The van der Waals surface area contributed by atoms with E-state index in [4.69, 9.17) is 0 Å². The lowest BCUT2D eigenvalue weighted by Crippen LogP contribution is -2.36. The van der Waals surface area contributed by atoms with Crippen molar-refractivity contribution >= 4 is 17.6 Å². The van der Waals surface area contributed by atoms with E-state index in [9.17, 15) is 9.59 Å². The van der Waals surface area contributed by atoms with Crippen LogP contribution < -0.4 is 5.32 Å². The number of carbonyl (C=O) groups excluding carboxylic acids is 2. The highest BCUT2D eigenvalue weighted by Gasteiger charge is 2.21. The second kappa shape index (κ2) is 8.88. The van der Waals surface area contributed by atoms with Crippen molar-refractivity contribution in [1.29, 1.82) is 0 Å². The van der Waals surface area contributed by atoms with Crippen LogP contribution in [0, 0.1) is 12.8 Å². The highest BCUT2D eigenvalue weighted by Crippen LogP contribution is 2.23. The van der Waals surface area contributed by atoms with E-state index in [-0.39, 0.29) is 11.9 Å². The standard InChI is InChI=1S/C20H31N3O2/c1-5-7-16-8-6-12-23(13-11-16)20(25)21-18-14-17(10-9-15(18)2)19(24)22(3)4/h9-10,14,16H,5-8,11-13H2,1-4H3,(H,21,25). The molecule has 1 N–H and O–H groups in total. The fourth-order valence-corrected chi connectivity index (χ4v) is 3.41. The van der Waals surface area contributed by atoms with E-state index in [2.05, 4.69) is 12.2 Å². The first kappa shape index (κ1) is 19.3. The van der Waals surface area contributed by atoms with Gasteiger partial charge in [0.05, 0.1) is 0 Å². The summed E-state index contributed by atoms with van der Waals surface area (Å²) in [7, 11) is 3.45. The Morgan fingerprint density at radius 2 is 2.00 bits per heavy atom. The number of benzene rings is 1. The van der Waals surface area contributed by atoms with Gasteiger partial charge in [-0.05, 0) is 49.8 Å². The molecule has 0 saturated carbocycles. The molecule has 0 bridgehead atoms. The SMILES string of the molecule is CCCC1CCCN(C(=O)Nc2cc(C(=O)N(C)C)ccc2C)CC1. The summed E-state index contributed by atoms with van der Waals surface area (Å²) < 4.78 is 0. The summed E-state index contributed by atoms with van der Waals surface area (Å²) in [5, 5.41) is 3.00. The number of carbonyl (C=O) groups is 2. The first-order chi connectivity index (χ1) is 11.9. The van der Waals surface area contributed by atoms with Gasteiger partial charge in [0.25, 0.3) is 5.91 Å². The van der Waals surface area contributed by atoms with Crippen molar-refractivity contribution in [3.8, 4) is 0 Å². The van der Waals surface area contributed by atoms with Gasteiger partial charge in [-0.25, -0.2) is 4.79 Å². The van der Waals surface area contributed by atoms with E-state index in [0.29, 0.717) is 11.3 Å². The molecule has 1 unspecified atom stereocenters. The summed E-state index contributed by atoms with van der Waals surface area (Å²) in [6, 6.07) is 5.39. The summed E-state index contributed by atoms with van der Waals surface area (Å²) in [4.78, 5) is 28.3. The van der Waals surface area contributed by atoms with Crippen molar-refractivity contribution in [3.63, 3.8) is 0 Å². The van der Waals surface area contributed by atoms with E-state index in [0.717, 1.165) is 37.4 Å². The Kier molecular flexibility index (Phi) is 6.85. The summed E-state index contributed by atoms with van der Waals surface area (Å²) in [5.41, 5.74) is 2.26. The molecular formula is C20H31N3O2. The number of rotatable bonds is 4. The van der Waals surface area contributed by atoms with Crippen LogP contribution in [0.3, 0.4) is 0 Å². The van der Waals surface area contributed by atoms with Crippen molar-refractivity contribution in [2.45, 2.75) is 46.0 Å². The predicted octanol–water partition coefficient (Wildman–Crippen LogP) is 4.13. The molecule has 0 spiro atoms. The molecule has 2 rings (SSSR count). The number of nitrogens with zero attached hydrogens (tertiary/aromatic N) is 2. The van der Waals surface area contributed by atoms with Crippen LogP contribution in [0.15, 0.2) is 18.2 Å². The van der Waals surface area contributed by atoms with E-state index in [1.165, 1.54) is 19.3 Å². The molecule has 1 aliphatic heterocycles. The Labute approximate surface area is 151 Å². The second-order valence-electron chi connectivity index (χ2n) is 7.23. The highest BCUT2D eigenvalue weighted by atomic mass is 16.2. The fourth-order valence-electron chi connectivity index (χ4n) is 3.41. The zero-order valence-corrected chi connectivity index (χ0v) is 16.0. The third-order valence-electron chi connectivity index (χ3n) is 4.96. The lowest BCUT2D eigenvalue weighted by Gasteiger charge is -2.22. The van der Waals surface area contributed by atoms with Gasteiger partial charge in [0.15, 0.2) is 0 Å². The van der Waals surface area contributed by atoms with E-state index < -0.39 is 0 Å². The summed E-state index contributed by atoms with van der Waals surface area (Å²) >= 11 is 0. The van der Waals surface area contributed by atoms with Gasteiger partial charge < -0.3 is 15.1 Å². The normalized spacial score (nSPS) is 17.8. The predicted molar refractivity (Wildman–Crippen MR) is 102 cm³/mol. The third kappa shape index (κ3) is 5.21. The molecular weight excluding hydrogens is 314 g/mol. The average molecular weight is 345 g/mol. The van der Waals surface area contributed by atoms with Crippen LogP contribution >= 0.6 is 0 Å². The van der Waals surface area contributed by atoms with Crippen molar-refractivity contribution in [3.05, 3.63) is 29.3 Å². The van der Waals surface area contributed by atoms with Gasteiger partial charge in [0.1, 0.15) is 0 Å². The molecule has 5 nitrogen and oxygen atoms in total. The van der Waals surface area contributed by atoms with Gasteiger partial charge in [-0.1, -0.05) is 25.8 Å². The maximum atomic E-state index is 12.7. The maximum Gasteiger partial charge on any atom is 0.321 e. The Bertz CT molecular complexity index is 613. The lowest BCUT2D eigenvalue weighted by atomic mass is 9.96. The molecule has 1 heterocycles. The van der Waals surface area contributed by atoms with Crippen LogP contribution in [-0.2, 0) is 0 Å². The van der Waals surface area contributed by atoms with E-state index >= 15 is 0 Å². The van der Waals surface area contributed by atoms with Crippen molar-refractivity contribution < 1.29 is 9.59 Å². The average Bonchev–Trinajstić information content (AvgIpc) is 2.82. The largest absolute Gasteiger partial charge is 0.345 e. The highest BCUT2D eigenvalue weighted by molar-refractivity contribution is 5.97. The van der Waals surface area contributed by atoms with Crippen LogP contribution in [0.25, 0.3) is 0 Å². The van der Waals surface area contributed by atoms with E-state index in [1.54, 1.807) is 31.1 Å². The molecule has 1 saturated heterocycles. The molecule has 1 fully saturated rings. The van der Waals surface area contributed by atoms with Crippen LogP contribution in [0.4, 0.5) is 10.5 Å². The fraction of sp³-hybridized carbons (Fsp3) is 0.600. The van der Waals surface area contributed by atoms with Crippen molar-refractivity contribution in [2.75, 3.05) is 32.5 Å². The number of aryl methyl sites for hydroxylation is 1. The molecule has 3 amide bonds. The summed E-state index contributed by atoms with van der Waals surface area (Å²) in [6.07, 6.45) is 5.82. The number of anilines is 1. The van der Waals surface area contributed by atoms with E-state index in [1.807, 2.05) is 17.9 Å². The van der Waals surface area contributed by atoms with Crippen LogP contribution in [-0.4, -0.2) is 48.9 Å². The monoisotopic (exact) mass is 345 g/mol. The number of hydrogen-bond donors (Lipinski definition) is 1. The van der Waals surface area contributed by atoms with Gasteiger partial charge in [-0.15, -0.1) is 0 Å². The molecule has 1 aromatic rings. The smallest absolute Gasteiger partial charge is 0.321 e. The van der Waals surface area contributed by atoms with Gasteiger partial charge in [0, 0.05) is 38.4 Å². The zero-order chi connectivity index (χ0) is 18.4. The van der Waals surface area contributed by atoms with Crippen molar-refractivity contribution in [1.82, 2.24) is 9.80 Å². The van der Waals surface area contributed by atoms with Crippen LogP contribution in [0.1, 0.15) is 54.9 Å². The number of nitrogens with one attached hydrogen (secondary N) is 1. The molecule has 0 aliphatic carbocycles. The Hall–Kier alpha value is -2.04. The summed E-state index contributed by atoms with van der Waals surface area (Å²) in [6.45, 7) is 5.78. The number of hydrogen-bond acceptors (Lipinski definition) is 2. The van der Waals surface area contributed by atoms with Crippen LogP contribution in [0.5, 0.6) is 0 Å². The van der Waals surface area contributed by atoms with Gasteiger partial charge in [-0.3, -0.25) is 4.79 Å². The molecule has 138 valence electrons. The summed E-state index contributed by atoms with van der Waals surface area (Å²) in [5.74, 6) is 0.679. The Morgan fingerprint density at radius 3 is 2.68 bits per heavy atom. The van der Waals surface area contributed by atoms with Gasteiger partial charge >= 0.3 is 6.03 Å². The van der Waals surface area contributed by atoms with Gasteiger partial charge in [-0.2, -0.15) is 0 Å². The first-order valence-corrected chi connectivity index (χ1v) is 9.30. The number of amides is 3. The molecule has 0 aromatic heterocycles. The quantitative estimate of drug-likeness (QED) is 0.892. The van der Waals surface area contributed by atoms with Crippen molar-refractivity contribution in [2.24, 2.45) is 5.92 Å². The molecule has 5 heteroatoms. The third-order valence-corrected chi connectivity index (χ3v) is 4.96. The molecule has 1 atom stereocenters. The lowest BCUT2D eigenvalue weighted by molar-refractivity contribution is 0.0827. The van der Waals surface area contributed by atoms with Crippen LogP contribution in [0.2, 0.25) is 0 Å². The van der Waals surface area contributed by atoms with Gasteiger partial charge in [0.2, 0.25) is 0 Å². The minimum Gasteiger partial charge on any atom is -0.345 e. The molecule has 25 heavy (non-hydrogen) atoms. The minimum absolute atomic E-state index is 0.0605. The Balaban J connectivity index is 2.04. The number of likely N-dealkylation sites (tertiary alicyclic amines) is 1. The second-order valence-corrected chi connectivity index (χ2v) is 7.23. The Morgan fingerprint density at radius 1 is 1.24 bits per heavy atom. The molecule has 1 aliphatic rings. The molecule has 1 aromatic carbocycles. The molecule has 0 radical (unpaired) electrons. The topological polar surface area (TPSA) is 52.7 Å². The first-order valence-electron chi connectivity index (χ1n) is 9.30. The number of urea groups is 1. The minimum atomic E-state index is -0.0623. The zero-order valence-electron chi connectivity index (χ0n) is 16.0. The maximum absolute atomic E-state index is 12.7.